The summed E-state index contributed by atoms with van der Waals surface area (Å²) in [5.41, 5.74) is 0. The maximum Gasteiger partial charge on any atom is 0.191 e. The van der Waals surface area contributed by atoms with Crippen molar-refractivity contribution in [1.82, 2.24) is 15.5 Å². The van der Waals surface area contributed by atoms with Crippen LogP contribution in [0, 0.1) is 5.92 Å². The molecule has 0 bridgehead atoms. The summed E-state index contributed by atoms with van der Waals surface area (Å²) in [6.07, 6.45) is 2.34. The number of nitrogens with zero attached hydrogens (tertiary/aromatic N) is 2. The SMILES string of the molecule is CCCNC(=NC)NCC(CC(C)C)N(CC)CC.I. The number of aliphatic imine (C=N–C) groups is 1. The van der Waals surface area contributed by atoms with E-state index >= 15 is 0 Å². The molecule has 1 atom stereocenters. The largest absolute Gasteiger partial charge is 0.356 e. The molecule has 0 spiro atoms. The lowest BCUT2D eigenvalue weighted by Gasteiger charge is -2.31. The van der Waals surface area contributed by atoms with Crippen molar-refractivity contribution >= 4 is 29.9 Å². The van der Waals surface area contributed by atoms with E-state index in [1.165, 1.54) is 6.42 Å². The van der Waals surface area contributed by atoms with Gasteiger partial charge in [0.2, 0.25) is 0 Å². The maximum absolute atomic E-state index is 4.26. The molecule has 122 valence electrons. The molecule has 4 nitrogen and oxygen atoms in total. The molecule has 20 heavy (non-hydrogen) atoms. The van der Waals surface area contributed by atoms with Gasteiger partial charge in [0.15, 0.2) is 5.96 Å². The highest BCUT2D eigenvalue weighted by Gasteiger charge is 2.17. The first-order valence-corrected chi connectivity index (χ1v) is 7.77. The molecule has 0 amide bonds. The third kappa shape index (κ3) is 9.80. The first-order chi connectivity index (χ1) is 9.08. The maximum atomic E-state index is 4.26. The third-order valence-electron chi connectivity index (χ3n) is 3.34. The molecule has 0 aliphatic carbocycles. The highest BCUT2D eigenvalue weighted by molar-refractivity contribution is 14.0. The van der Waals surface area contributed by atoms with E-state index in [2.05, 4.69) is 55.1 Å². The smallest absolute Gasteiger partial charge is 0.191 e. The number of likely N-dealkylation sites (N-methyl/N-ethyl adjacent to an activating group) is 1. The molecule has 0 aliphatic rings. The summed E-state index contributed by atoms with van der Waals surface area (Å²) >= 11 is 0. The minimum absolute atomic E-state index is 0. The van der Waals surface area contributed by atoms with Crippen LogP contribution in [0.5, 0.6) is 0 Å². The number of rotatable bonds is 9. The molecule has 0 radical (unpaired) electrons. The Balaban J connectivity index is 0. The zero-order chi connectivity index (χ0) is 14.7. The van der Waals surface area contributed by atoms with Crippen LogP contribution in [0.3, 0.4) is 0 Å². The second kappa shape index (κ2) is 13.9. The number of halogens is 1. The van der Waals surface area contributed by atoms with Crippen molar-refractivity contribution in [3.63, 3.8) is 0 Å². The Morgan fingerprint density at radius 2 is 1.70 bits per heavy atom. The van der Waals surface area contributed by atoms with E-state index in [0.29, 0.717) is 6.04 Å². The van der Waals surface area contributed by atoms with Gasteiger partial charge in [-0.05, 0) is 31.8 Å². The lowest BCUT2D eigenvalue weighted by molar-refractivity contribution is 0.191. The molecule has 0 fully saturated rings. The molecule has 0 aliphatic heterocycles. The summed E-state index contributed by atoms with van der Waals surface area (Å²) in [5, 5.41) is 6.78. The van der Waals surface area contributed by atoms with Gasteiger partial charge in [0.05, 0.1) is 0 Å². The number of guanidine groups is 1. The van der Waals surface area contributed by atoms with Crippen LogP contribution >= 0.6 is 24.0 Å². The third-order valence-corrected chi connectivity index (χ3v) is 3.34. The van der Waals surface area contributed by atoms with Gasteiger partial charge in [0.25, 0.3) is 0 Å². The molecule has 0 saturated carbocycles. The van der Waals surface area contributed by atoms with Crippen LogP contribution in [0.4, 0.5) is 0 Å². The van der Waals surface area contributed by atoms with Crippen LogP contribution in [0.1, 0.15) is 47.5 Å². The van der Waals surface area contributed by atoms with Crippen molar-refractivity contribution in [2.24, 2.45) is 10.9 Å². The predicted octanol–water partition coefficient (Wildman–Crippen LogP) is 2.94. The Morgan fingerprint density at radius 3 is 2.10 bits per heavy atom. The number of nitrogens with one attached hydrogen (secondary N) is 2. The van der Waals surface area contributed by atoms with Crippen molar-refractivity contribution in [2.75, 3.05) is 33.2 Å². The van der Waals surface area contributed by atoms with E-state index in [-0.39, 0.29) is 24.0 Å². The fraction of sp³-hybridized carbons (Fsp3) is 0.933. The van der Waals surface area contributed by atoms with Crippen LogP contribution < -0.4 is 10.6 Å². The van der Waals surface area contributed by atoms with E-state index in [9.17, 15) is 0 Å². The molecular formula is C15H35IN4. The fourth-order valence-electron chi connectivity index (χ4n) is 2.32. The average molecular weight is 398 g/mol. The van der Waals surface area contributed by atoms with E-state index in [1.807, 2.05) is 7.05 Å². The van der Waals surface area contributed by atoms with Crippen LogP contribution in [0.15, 0.2) is 4.99 Å². The van der Waals surface area contributed by atoms with Crippen molar-refractivity contribution in [2.45, 2.75) is 53.5 Å². The fourth-order valence-corrected chi connectivity index (χ4v) is 2.32. The second-order valence-electron chi connectivity index (χ2n) is 5.38. The standard InChI is InChI=1S/C15H34N4.HI/c1-7-10-17-15(16-6)18-12-14(11-13(4)5)19(8-2)9-3;/h13-14H,7-12H2,1-6H3,(H2,16,17,18);1H. The first-order valence-electron chi connectivity index (χ1n) is 7.77. The van der Waals surface area contributed by atoms with Crippen molar-refractivity contribution in [1.29, 1.82) is 0 Å². The first kappa shape index (κ1) is 22.2. The quantitative estimate of drug-likeness (QED) is 0.357. The van der Waals surface area contributed by atoms with Gasteiger partial charge in [-0.2, -0.15) is 0 Å². The highest BCUT2D eigenvalue weighted by atomic mass is 127. The van der Waals surface area contributed by atoms with Crippen LogP contribution in [-0.4, -0.2) is 50.1 Å². The number of hydrogen-bond acceptors (Lipinski definition) is 2. The lowest BCUT2D eigenvalue weighted by atomic mass is 10.0. The Kier molecular flexibility index (Phi) is 15.5. The molecule has 0 saturated heterocycles. The monoisotopic (exact) mass is 398 g/mol. The van der Waals surface area contributed by atoms with E-state index in [1.54, 1.807) is 0 Å². The summed E-state index contributed by atoms with van der Waals surface area (Å²) in [4.78, 5) is 6.79. The summed E-state index contributed by atoms with van der Waals surface area (Å²) in [6.45, 7) is 15.4. The van der Waals surface area contributed by atoms with Gasteiger partial charge in [-0.25, -0.2) is 0 Å². The molecular weight excluding hydrogens is 363 g/mol. The predicted molar refractivity (Wildman–Crippen MR) is 101 cm³/mol. The van der Waals surface area contributed by atoms with Gasteiger partial charge >= 0.3 is 0 Å². The molecule has 2 N–H and O–H groups in total. The van der Waals surface area contributed by atoms with Gasteiger partial charge in [-0.3, -0.25) is 9.89 Å². The Hall–Kier alpha value is -0.0400. The van der Waals surface area contributed by atoms with Crippen molar-refractivity contribution in [3.05, 3.63) is 0 Å². The molecule has 5 heteroatoms. The van der Waals surface area contributed by atoms with Crippen LogP contribution in [0.25, 0.3) is 0 Å². The second-order valence-corrected chi connectivity index (χ2v) is 5.38. The zero-order valence-corrected chi connectivity index (χ0v) is 16.5. The summed E-state index contributed by atoms with van der Waals surface area (Å²) in [7, 11) is 1.83. The molecule has 0 rings (SSSR count). The van der Waals surface area contributed by atoms with Crippen LogP contribution in [0.2, 0.25) is 0 Å². The topological polar surface area (TPSA) is 39.7 Å². The molecule has 0 aromatic heterocycles. The molecule has 0 heterocycles. The van der Waals surface area contributed by atoms with Crippen molar-refractivity contribution < 1.29 is 0 Å². The minimum atomic E-state index is 0. The Morgan fingerprint density at radius 1 is 1.10 bits per heavy atom. The van der Waals surface area contributed by atoms with Gasteiger partial charge in [-0.1, -0.05) is 34.6 Å². The number of hydrogen-bond donors (Lipinski definition) is 2. The minimum Gasteiger partial charge on any atom is -0.356 e. The normalized spacial score (nSPS) is 13.3. The van der Waals surface area contributed by atoms with E-state index in [0.717, 1.165) is 44.5 Å². The summed E-state index contributed by atoms with van der Waals surface area (Å²) in [5.74, 6) is 1.64. The molecule has 0 aromatic rings. The van der Waals surface area contributed by atoms with Crippen LogP contribution in [-0.2, 0) is 0 Å². The molecule has 1 unspecified atom stereocenters. The highest BCUT2D eigenvalue weighted by Crippen LogP contribution is 2.10. The molecule has 0 aromatic carbocycles. The van der Waals surface area contributed by atoms with Gasteiger partial charge in [0, 0.05) is 26.2 Å². The zero-order valence-electron chi connectivity index (χ0n) is 14.2. The van der Waals surface area contributed by atoms with Gasteiger partial charge < -0.3 is 10.6 Å². The van der Waals surface area contributed by atoms with Crippen molar-refractivity contribution in [3.8, 4) is 0 Å². The van der Waals surface area contributed by atoms with E-state index < -0.39 is 0 Å². The summed E-state index contributed by atoms with van der Waals surface area (Å²) in [6, 6.07) is 0.579. The summed E-state index contributed by atoms with van der Waals surface area (Å²) < 4.78 is 0. The van der Waals surface area contributed by atoms with Gasteiger partial charge in [0.1, 0.15) is 0 Å². The Labute approximate surface area is 143 Å². The van der Waals surface area contributed by atoms with E-state index in [4.69, 9.17) is 0 Å². The lowest BCUT2D eigenvalue weighted by Crippen LogP contribution is -2.47. The Bertz CT molecular complexity index is 240. The average Bonchev–Trinajstić information content (AvgIpc) is 2.39. The van der Waals surface area contributed by atoms with Gasteiger partial charge in [-0.15, -0.1) is 24.0 Å².